The Kier molecular flexibility index (Phi) is 16.3. The van der Waals surface area contributed by atoms with E-state index < -0.39 is 189 Å². The first kappa shape index (κ1) is 55.6. The summed E-state index contributed by atoms with van der Waals surface area (Å²) in [4.78, 5) is 37.4. The number of ether oxygens (including phenoxy) is 9. The molecule has 25 nitrogen and oxygen atoms in total. The second-order valence-corrected chi connectivity index (χ2v) is 21.9. The summed E-state index contributed by atoms with van der Waals surface area (Å²) in [6, 6.07) is 0. The van der Waals surface area contributed by atoms with Crippen molar-refractivity contribution in [2.75, 3.05) is 19.8 Å². The number of hydrogen-bond donors (Lipinski definition) is 13. The fourth-order valence-corrected chi connectivity index (χ4v) is 13.8. The van der Waals surface area contributed by atoms with E-state index in [-0.39, 0.29) is 11.8 Å². The first-order chi connectivity index (χ1) is 33.8. The van der Waals surface area contributed by atoms with Gasteiger partial charge in [-0.2, -0.15) is 0 Å². The average Bonchev–Trinajstić information content (AvgIpc) is 3.53. The predicted molar refractivity (Wildman–Crippen MR) is 234 cm³/mol. The first-order valence-corrected chi connectivity index (χ1v) is 24.7. The van der Waals surface area contributed by atoms with Gasteiger partial charge in [0, 0.05) is 0 Å². The summed E-state index contributed by atoms with van der Waals surface area (Å²) in [5, 5.41) is 138. The van der Waals surface area contributed by atoms with Crippen LogP contribution in [0.3, 0.4) is 0 Å². The fraction of sp³-hybridized carbons (Fsp3) is 0.894. The Bertz CT molecular complexity index is 1980. The first-order valence-electron chi connectivity index (χ1n) is 24.7. The van der Waals surface area contributed by atoms with E-state index in [0.717, 1.165) is 6.42 Å². The molecule has 4 saturated carbocycles. The van der Waals surface area contributed by atoms with Crippen LogP contribution in [0, 0.1) is 28.1 Å². The van der Waals surface area contributed by atoms with Crippen molar-refractivity contribution in [2.45, 2.75) is 213 Å². The number of rotatable bonds is 14. The Labute approximate surface area is 414 Å². The van der Waals surface area contributed by atoms with Crippen molar-refractivity contribution in [3.05, 3.63) is 12.2 Å². The van der Waals surface area contributed by atoms with Gasteiger partial charge in [-0.05, 0) is 93.5 Å². The zero-order chi connectivity index (χ0) is 52.6. The van der Waals surface area contributed by atoms with Crippen molar-refractivity contribution in [1.82, 2.24) is 0 Å². The molecule has 4 heterocycles. The van der Waals surface area contributed by atoms with E-state index in [9.17, 15) is 75.7 Å². The van der Waals surface area contributed by atoms with Crippen molar-refractivity contribution in [1.29, 1.82) is 0 Å². The summed E-state index contributed by atoms with van der Waals surface area (Å²) < 4.78 is 53.5. The standard InChI is InChI=1S/C47H72O25/c1-18-13-46-10-6-23-44(3,8-5-9-45(23,4)43(63)71-41-36(62)33(59)29(55)22(68-41)16-64-26(52)12-25(50)51)24(46)7-11-47(18,17-46)72-42-38(70-39-34(60)31(57)27(53)19(2)65-39)37(30(56)21(15-49)67-42)69-40-35(61)32(58)28(54)20(14-48)66-40/h19-24,27-42,48-49,53-62H,1,5-17H2,2-4H3,(H,50,51)/t19?,20?,21?,22?,23-,24-,27+,28+,29+,30+,31?,32?,33?,34?,35?,36?,37?,38?,39-,40-,41-,42-,44+,45+,46+,47-/m0/s1. The lowest BCUT2D eigenvalue weighted by Gasteiger charge is -2.64. The molecule has 4 aliphatic carbocycles. The van der Waals surface area contributed by atoms with E-state index in [2.05, 4.69) is 13.5 Å². The topological polar surface area (TPSA) is 397 Å². The number of aliphatic hydroxyl groups is 12. The molecular weight excluding hydrogens is 964 g/mol. The maximum Gasteiger partial charge on any atom is 0.317 e. The molecule has 0 aromatic rings. The monoisotopic (exact) mass is 1040 g/mol. The van der Waals surface area contributed by atoms with Crippen LogP contribution < -0.4 is 0 Å². The molecule has 0 amide bonds. The number of aliphatic carboxylic acids is 1. The van der Waals surface area contributed by atoms with Gasteiger partial charge in [0.2, 0.25) is 6.29 Å². The number of aliphatic hydroxyl groups excluding tert-OH is 12. The second-order valence-electron chi connectivity index (χ2n) is 21.9. The number of carboxylic acids is 1. The zero-order valence-electron chi connectivity index (χ0n) is 40.3. The molecule has 2 bridgehead atoms. The highest BCUT2D eigenvalue weighted by molar-refractivity contribution is 5.90. The van der Waals surface area contributed by atoms with Gasteiger partial charge in [-0.15, -0.1) is 0 Å². The van der Waals surface area contributed by atoms with Crippen LogP contribution in [0.1, 0.15) is 85.0 Å². The molecule has 0 radical (unpaired) electrons. The minimum Gasteiger partial charge on any atom is -0.481 e. The Morgan fingerprint density at radius 2 is 1.19 bits per heavy atom. The molecule has 1 spiro atoms. The predicted octanol–water partition coefficient (Wildman–Crippen LogP) is -4.06. The molecule has 8 rings (SSSR count). The minimum absolute atomic E-state index is 0.0145. The maximum atomic E-state index is 14.5. The summed E-state index contributed by atoms with van der Waals surface area (Å²) in [5.74, 6) is -3.58. The summed E-state index contributed by atoms with van der Waals surface area (Å²) in [6.45, 7) is 7.58. The third-order valence-electron chi connectivity index (χ3n) is 17.6. The normalized spacial score (nSPS) is 51.4. The molecule has 0 aromatic heterocycles. The highest BCUT2D eigenvalue weighted by Gasteiger charge is 2.70. The molecule has 26 atom stereocenters. The van der Waals surface area contributed by atoms with Gasteiger partial charge in [0.15, 0.2) is 18.9 Å². The van der Waals surface area contributed by atoms with E-state index in [1.165, 1.54) is 6.92 Å². The summed E-state index contributed by atoms with van der Waals surface area (Å²) in [7, 11) is 0. The van der Waals surface area contributed by atoms with Gasteiger partial charge in [-0.25, -0.2) is 0 Å². The molecule has 8 fully saturated rings. The molecule has 12 unspecified atom stereocenters. The quantitative estimate of drug-likeness (QED) is 0.0341. The molecular formula is C47H72O25. The van der Waals surface area contributed by atoms with E-state index in [0.29, 0.717) is 56.9 Å². The van der Waals surface area contributed by atoms with Crippen molar-refractivity contribution in [2.24, 2.45) is 28.1 Å². The van der Waals surface area contributed by atoms with Crippen LogP contribution in [-0.4, -0.2) is 233 Å². The van der Waals surface area contributed by atoms with Crippen LogP contribution in [0.5, 0.6) is 0 Å². The lowest BCUT2D eigenvalue weighted by atomic mass is 9.41. The van der Waals surface area contributed by atoms with Crippen molar-refractivity contribution >= 4 is 17.9 Å². The lowest BCUT2D eigenvalue weighted by Crippen LogP contribution is -2.67. The Balaban J connectivity index is 1.03. The van der Waals surface area contributed by atoms with Crippen molar-refractivity contribution in [3.63, 3.8) is 0 Å². The Morgan fingerprint density at radius 3 is 1.85 bits per heavy atom. The third-order valence-corrected chi connectivity index (χ3v) is 17.6. The third kappa shape index (κ3) is 9.77. The molecule has 8 aliphatic rings. The van der Waals surface area contributed by atoms with Crippen LogP contribution in [0.2, 0.25) is 0 Å². The van der Waals surface area contributed by atoms with Crippen LogP contribution in [0.4, 0.5) is 0 Å². The van der Waals surface area contributed by atoms with E-state index >= 15 is 0 Å². The molecule has 25 heteroatoms. The van der Waals surface area contributed by atoms with Crippen LogP contribution in [0.15, 0.2) is 12.2 Å². The SMILES string of the molecule is C=C1C[C@@]23CC[C@H]4[C@@](C)(CCC[C@@]4(C)C(=O)O[C@@H]4OC(COC(=O)CC(=O)O)[C@@H](O)C(O)C4O)[C@@H]2CC[C@]1(O[C@@H]1OC(CO)[C@@H](O)C(O[C@@H]2OC(CO)[C@@H](O)C(O)C2O)C1O[C@@H]1OC(C)[C@@H](O)C(O)C1O)C3. The number of carbonyl (C=O) groups excluding carboxylic acids is 2. The molecule has 0 aromatic carbocycles. The number of hydrogen-bond acceptors (Lipinski definition) is 24. The van der Waals surface area contributed by atoms with Crippen molar-refractivity contribution in [3.8, 4) is 0 Å². The fourth-order valence-electron chi connectivity index (χ4n) is 13.8. The Morgan fingerprint density at radius 1 is 0.639 bits per heavy atom. The van der Waals surface area contributed by atoms with Gasteiger partial charge >= 0.3 is 17.9 Å². The van der Waals surface area contributed by atoms with E-state index in [4.69, 9.17) is 47.7 Å². The van der Waals surface area contributed by atoms with E-state index in [1.54, 1.807) is 6.92 Å². The minimum atomic E-state index is -1.94. The number of fused-ring (bicyclic) bond motifs is 3. The summed E-state index contributed by atoms with van der Waals surface area (Å²) >= 11 is 0. The second kappa shape index (κ2) is 21.1. The molecule has 4 aliphatic heterocycles. The molecule has 13 N–H and O–H groups in total. The maximum absolute atomic E-state index is 14.5. The molecule has 4 saturated heterocycles. The lowest BCUT2D eigenvalue weighted by molar-refractivity contribution is -0.398. The number of carboxylic acid groups (broad SMARTS) is 1. The van der Waals surface area contributed by atoms with Gasteiger partial charge in [0.1, 0.15) is 105 Å². The highest BCUT2D eigenvalue weighted by Crippen LogP contribution is 2.74. The molecule has 72 heavy (non-hydrogen) atoms. The van der Waals surface area contributed by atoms with Crippen molar-refractivity contribution < 1.29 is 123 Å². The Hall–Kier alpha value is -2.61. The van der Waals surface area contributed by atoms with E-state index in [1.807, 2.05) is 0 Å². The van der Waals surface area contributed by atoms with Crippen LogP contribution in [-0.2, 0) is 57.0 Å². The van der Waals surface area contributed by atoms with Gasteiger partial charge in [0.25, 0.3) is 0 Å². The smallest absolute Gasteiger partial charge is 0.317 e. The highest BCUT2D eigenvalue weighted by atomic mass is 16.8. The summed E-state index contributed by atoms with van der Waals surface area (Å²) in [5.41, 5.74) is -2.51. The molecule has 410 valence electrons. The van der Waals surface area contributed by atoms with Gasteiger partial charge in [-0.3, -0.25) is 14.4 Å². The van der Waals surface area contributed by atoms with Crippen LogP contribution in [0.25, 0.3) is 0 Å². The largest absolute Gasteiger partial charge is 0.481 e. The zero-order valence-corrected chi connectivity index (χ0v) is 40.3. The number of carbonyl (C=O) groups is 3. The van der Waals surface area contributed by atoms with Crippen LogP contribution >= 0.6 is 0 Å². The summed E-state index contributed by atoms with van der Waals surface area (Å²) in [6.07, 6.45) is -30.1. The van der Waals surface area contributed by atoms with Gasteiger partial charge in [-0.1, -0.05) is 19.9 Å². The van der Waals surface area contributed by atoms with Gasteiger partial charge in [0.05, 0.1) is 30.3 Å². The van der Waals surface area contributed by atoms with Gasteiger partial charge < -0.3 is 109 Å². The number of esters is 2. The average molecular weight is 1040 g/mol.